The maximum atomic E-state index is 9.88. The van der Waals surface area contributed by atoms with E-state index in [1.54, 1.807) is 6.41 Å². The third-order valence-corrected chi connectivity index (χ3v) is 1.95. The molecule has 1 amide bonds. The number of halogens is 1. The minimum Gasteiger partial charge on any atom is -0.318 e. The van der Waals surface area contributed by atoms with Gasteiger partial charge in [-0.25, -0.2) is 0 Å². The lowest BCUT2D eigenvalue weighted by molar-refractivity contribution is 0.561. The van der Waals surface area contributed by atoms with Crippen LogP contribution in [0.3, 0.4) is 0 Å². The summed E-state index contributed by atoms with van der Waals surface area (Å²) in [5.41, 5.74) is 1.95. The lowest BCUT2D eigenvalue weighted by Crippen LogP contribution is -1.92. The van der Waals surface area contributed by atoms with Crippen LogP contribution in [0.15, 0.2) is 24.3 Å². The zero-order valence-corrected chi connectivity index (χ0v) is 7.39. The Morgan fingerprint density at radius 1 is 1.36 bits per heavy atom. The number of carbonyl (C=O) groups excluding carboxylic acids is 1. The first-order valence-electron chi connectivity index (χ1n) is 3.15. The average molecular weight is 213 g/mol. The monoisotopic (exact) mass is 212 g/mol. The van der Waals surface area contributed by atoms with Crippen molar-refractivity contribution in [3.05, 3.63) is 29.8 Å². The van der Waals surface area contributed by atoms with Crippen LogP contribution in [0.2, 0.25) is 0 Å². The highest BCUT2D eigenvalue weighted by atomic mass is 79.9. The zero-order valence-electron chi connectivity index (χ0n) is 5.80. The van der Waals surface area contributed by atoms with Crippen molar-refractivity contribution >= 4 is 28.0 Å². The molecule has 0 spiro atoms. The van der Waals surface area contributed by atoms with Gasteiger partial charge in [0, 0.05) is 11.0 Å². The molecule has 1 rings (SSSR count). The van der Waals surface area contributed by atoms with E-state index in [4.69, 9.17) is 0 Å². The first kappa shape index (κ1) is 8.27. The van der Waals surface area contributed by atoms with Gasteiger partial charge in [-0.1, -0.05) is 28.1 Å². The second-order valence-corrected chi connectivity index (χ2v) is 2.62. The van der Waals surface area contributed by atoms with E-state index < -0.39 is 0 Å². The Bertz CT molecular complexity index is 232. The number of anilines is 1. The van der Waals surface area contributed by atoms with Gasteiger partial charge in [0.1, 0.15) is 0 Å². The smallest absolute Gasteiger partial charge is 0.314 e. The quantitative estimate of drug-likeness (QED) is 0.604. The lowest BCUT2D eigenvalue weighted by Gasteiger charge is -1.97. The fourth-order valence-corrected chi connectivity index (χ4v) is 1.11. The Morgan fingerprint density at radius 2 is 2.00 bits per heavy atom. The van der Waals surface area contributed by atoms with E-state index in [1.807, 2.05) is 24.3 Å². The summed E-state index contributed by atoms with van der Waals surface area (Å²) in [5.74, 6) is 0. The van der Waals surface area contributed by atoms with Gasteiger partial charge in [-0.2, -0.15) is 0 Å². The van der Waals surface area contributed by atoms with Gasteiger partial charge >= 0.3 is 6.41 Å². The van der Waals surface area contributed by atoms with Crippen molar-refractivity contribution in [3.63, 3.8) is 0 Å². The Balaban J connectivity index is 2.74. The van der Waals surface area contributed by atoms with Crippen LogP contribution in [-0.4, -0.2) is 6.41 Å². The number of nitrogens with one attached hydrogen (secondary N) is 1. The number of rotatable bonds is 3. The predicted molar refractivity (Wildman–Crippen MR) is 48.4 cm³/mol. The highest BCUT2D eigenvalue weighted by Crippen LogP contribution is 2.10. The van der Waals surface area contributed by atoms with Gasteiger partial charge in [0.25, 0.3) is 0 Å². The standard InChI is InChI=1S/C8H7BrNO/c9-5-7-1-3-8(4-2-7)10-6-11/h1-4H,5H2,(H,10,11). The summed E-state index contributed by atoms with van der Waals surface area (Å²) in [6.45, 7) is 0. The van der Waals surface area contributed by atoms with Crippen molar-refractivity contribution in [1.29, 1.82) is 0 Å². The number of amides is 1. The van der Waals surface area contributed by atoms with Crippen molar-refractivity contribution < 1.29 is 4.79 Å². The summed E-state index contributed by atoms with van der Waals surface area (Å²) < 4.78 is 0. The van der Waals surface area contributed by atoms with Gasteiger partial charge in [-0.3, -0.25) is 4.79 Å². The molecular weight excluding hydrogens is 206 g/mol. The van der Waals surface area contributed by atoms with Crippen LogP contribution in [0.4, 0.5) is 5.69 Å². The van der Waals surface area contributed by atoms with Crippen LogP contribution in [0.25, 0.3) is 0 Å². The zero-order chi connectivity index (χ0) is 8.10. The molecule has 0 aliphatic rings. The number of benzene rings is 1. The molecule has 0 saturated carbocycles. The molecule has 11 heavy (non-hydrogen) atoms. The molecule has 0 fully saturated rings. The molecule has 2 nitrogen and oxygen atoms in total. The van der Waals surface area contributed by atoms with Crippen LogP contribution >= 0.6 is 15.9 Å². The minimum absolute atomic E-state index is 0.768. The molecular formula is C8H7BrNO. The predicted octanol–water partition coefficient (Wildman–Crippen LogP) is 2.06. The topological polar surface area (TPSA) is 29.1 Å². The second kappa shape index (κ2) is 4.13. The number of hydrogen-bond acceptors (Lipinski definition) is 1. The summed E-state index contributed by atoms with van der Waals surface area (Å²) in [4.78, 5) is 9.88. The molecule has 1 radical (unpaired) electrons. The maximum Gasteiger partial charge on any atom is 0.314 e. The number of alkyl halides is 1. The van der Waals surface area contributed by atoms with Crippen LogP contribution in [0.5, 0.6) is 0 Å². The highest BCUT2D eigenvalue weighted by molar-refractivity contribution is 9.08. The summed E-state index contributed by atoms with van der Waals surface area (Å²) in [7, 11) is 0. The Hall–Kier alpha value is -0.830. The maximum absolute atomic E-state index is 9.88. The fraction of sp³-hybridized carbons (Fsp3) is 0.125. The second-order valence-electron chi connectivity index (χ2n) is 2.06. The van der Waals surface area contributed by atoms with Gasteiger partial charge < -0.3 is 5.32 Å². The average Bonchev–Trinajstić information content (AvgIpc) is 2.07. The normalized spacial score (nSPS) is 9.18. The van der Waals surface area contributed by atoms with Crippen molar-refractivity contribution in [2.45, 2.75) is 5.33 Å². The summed E-state index contributed by atoms with van der Waals surface area (Å²) in [6.07, 6.45) is 1.61. The highest BCUT2D eigenvalue weighted by Gasteiger charge is 1.90. The van der Waals surface area contributed by atoms with Gasteiger partial charge in [0.15, 0.2) is 0 Å². The minimum atomic E-state index is 0.768. The van der Waals surface area contributed by atoms with E-state index >= 15 is 0 Å². The molecule has 0 atom stereocenters. The molecule has 1 aromatic rings. The lowest BCUT2D eigenvalue weighted by atomic mass is 10.2. The molecule has 0 aromatic heterocycles. The first-order valence-corrected chi connectivity index (χ1v) is 4.27. The van der Waals surface area contributed by atoms with Gasteiger partial charge in [-0.15, -0.1) is 0 Å². The van der Waals surface area contributed by atoms with E-state index in [1.165, 1.54) is 5.56 Å². The molecule has 57 valence electrons. The summed E-state index contributed by atoms with van der Waals surface area (Å²) in [5, 5.41) is 3.27. The summed E-state index contributed by atoms with van der Waals surface area (Å²) >= 11 is 3.32. The molecule has 0 aliphatic carbocycles. The molecule has 0 bridgehead atoms. The van der Waals surface area contributed by atoms with E-state index in [-0.39, 0.29) is 0 Å². The third-order valence-electron chi connectivity index (χ3n) is 1.30. The molecule has 0 saturated heterocycles. The van der Waals surface area contributed by atoms with Crippen molar-refractivity contribution in [3.8, 4) is 0 Å². The fourth-order valence-electron chi connectivity index (χ4n) is 0.736. The van der Waals surface area contributed by atoms with Crippen molar-refractivity contribution in [2.24, 2.45) is 0 Å². The largest absolute Gasteiger partial charge is 0.318 e. The molecule has 0 heterocycles. The molecule has 0 aliphatic heterocycles. The van der Waals surface area contributed by atoms with E-state index in [9.17, 15) is 4.79 Å². The molecule has 3 heteroatoms. The molecule has 0 unspecified atom stereocenters. The van der Waals surface area contributed by atoms with Crippen LogP contribution in [0.1, 0.15) is 5.56 Å². The summed E-state index contributed by atoms with van der Waals surface area (Å²) in [6, 6.07) is 7.55. The van der Waals surface area contributed by atoms with Gasteiger partial charge in [0.05, 0.1) is 0 Å². The van der Waals surface area contributed by atoms with Gasteiger partial charge in [0.2, 0.25) is 0 Å². The SMILES string of the molecule is O=[C]Nc1ccc(CBr)cc1. The number of hydrogen-bond donors (Lipinski definition) is 1. The Kier molecular flexibility index (Phi) is 3.11. The first-order chi connectivity index (χ1) is 5.36. The van der Waals surface area contributed by atoms with Crippen LogP contribution in [-0.2, 0) is 10.1 Å². The van der Waals surface area contributed by atoms with E-state index in [0.29, 0.717) is 0 Å². The Labute approximate surface area is 73.7 Å². The van der Waals surface area contributed by atoms with E-state index in [2.05, 4.69) is 21.2 Å². The van der Waals surface area contributed by atoms with Gasteiger partial charge in [-0.05, 0) is 17.7 Å². The van der Waals surface area contributed by atoms with Crippen LogP contribution < -0.4 is 5.32 Å². The molecule has 1 N–H and O–H groups in total. The van der Waals surface area contributed by atoms with E-state index in [0.717, 1.165) is 11.0 Å². The van der Waals surface area contributed by atoms with Crippen molar-refractivity contribution in [2.75, 3.05) is 5.32 Å². The third kappa shape index (κ3) is 2.35. The van der Waals surface area contributed by atoms with Crippen molar-refractivity contribution in [1.82, 2.24) is 0 Å². The Morgan fingerprint density at radius 3 is 2.45 bits per heavy atom. The van der Waals surface area contributed by atoms with Crippen LogP contribution in [0, 0.1) is 0 Å². The molecule has 1 aromatic carbocycles.